The molecule has 0 bridgehead atoms. The first kappa shape index (κ1) is 14.6. The summed E-state index contributed by atoms with van der Waals surface area (Å²) in [5.41, 5.74) is 2.40. The molecular weight excluding hydrogens is 348 g/mol. The third-order valence-corrected chi connectivity index (χ3v) is 4.70. The normalized spacial score (nSPS) is 11.1. The molecule has 2 aromatic heterocycles. The van der Waals surface area contributed by atoms with Crippen molar-refractivity contribution in [2.75, 3.05) is 0 Å². The Morgan fingerprint density at radius 1 is 1.29 bits per heavy atom. The largest absolute Gasteiger partial charge is 0.437 e. The average Bonchev–Trinajstić information content (AvgIpc) is 3.07. The summed E-state index contributed by atoms with van der Waals surface area (Å²) in [5.74, 6) is 1.52. The number of hydrogen-bond donors (Lipinski definition) is 0. The van der Waals surface area contributed by atoms with Gasteiger partial charge in [0.05, 0.1) is 5.69 Å². The lowest BCUT2D eigenvalue weighted by molar-refractivity contribution is 0.461. The molecule has 3 nitrogen and oxygen atoms in total. The molecule has 21 heavy (non-hydrogen) atoms. The predicted molar refractivity (Wildman–Crippen MR) is 90.8 cm³/mol. The van der Waals surface area contributed by atoms with Crippen LogP contribution in [0.4, 0.5) is 0 Å². The van der Waals surface area contributed by atoms with Crippen molar-refractivity contribution in [3.05, 3.63) is 47.1 Å². The lowest BCUT2D eigenvalue weighted by Gasteiger charge is -2.06. The van der Waals surface area contributed by atoms with Gasteiger partial charge in [0.25, 0.3) is 0 Å². The van der Waals surface area contributed by atoms with Crippen molar-refractivity contribution in [3.8, 4) is 11.6 Å². The number of ether oxygens (including phenoxy) is 1. The maximum Gasteiger partial charge on any atom is 0.243 e. The Hall–Kier alpha value is -1.33. The monoisotopic (exact) mass is 364 g/mol. The molecule has 0 saturated heterocycles. The van der Waals surface area contributed by atoms with E-state index >= 15 is 0 Å². The van der Waals surface area contributed by atoms with Gasteiger partial charge in [-0.15, -0.1) is 11.3 Å². The Morgan fingerprint density at radius 2 is 2.10 bits per heavy atom. The molecule has 0 amide bonds. The maximum atomic E-state index is 5.95. The van der Waals surface area contributed by atoms with Gasteiger partial charge in [0, 0.05) is 16.9 Å². The highest BCUT2D eigenvalue weighted by Crippen LogP contribution is 2.29. The second kappa shape index (κ2) is 6.62. The highest BCUT2D eigenvalue weighted by Gasteiger charge is 2.14. The lowest BCUT2D eigenvalue weighted by Crippen LogP contribution is -1.91. The third kappa shape index (κ3) is 3.14. The van der Waals surface area contributed by atoms with E-state index in [1.807, 2.05) is 23.7 Å². The molecule has 2 heterocycles. The van der Waals surface area contributed by atoms with Crippen LogP contribution in [0.15, 0.2) is 35.8 Å². The molecule has 3 rings (SSSR count). The van der Waals surface area contributed by atoms with Crippen molar-refractivity contribution in [2.24, 2.45) is 0 Å². The molecule has 0 atom stereocenters. The van der Waals surface area contributed by atoms with Gasteiger partial charge in [-0.2, -0.15) is 4.98 Å². The lowest BCUT2D eigenvalue weighted by atomic mass is 10.1. The van der Waals surface area contributed by atoms with Crippen molar-refractivity contribution < 1.29 is 4.74 Å². The average molecular weight is 365 g/mol. The minimum Gasteiger partial charge on any atom is -0.437 e. The van der Waals surface area contributed by atoms with Crippen molar-refractivity contribution in [1.29, 1.82) is 0 Å². The second-order valence-corrected chi connectivity index (χ2v) is 6.34. The zero-order valence-electron chi connectivity index (χ0n) is 11.9. The number of imidazole rings is 1. The number of thiazole rings is 1. The van der Waals surface area contributed by atoms with Crippen molar-refractivity contribution in [2.45, 2.75) is 31.5 Å². The zero-order chi connectivity index (χ0) is 14.7. The third-order valence-electron chi connectivity index (χ3n) is 3.41. The Morgan fingerprint density at radius 3 is 2.81 bits per heavy atom. The number of fused-ring (bicyclic) bond motifs is 1. The fraction of sp³-hybridized carbons (Fsp3) is 0.312. The van der Waals surface area contributed by atoms with E-state index in [1.54, 1.807) is 11.3 Å². The van der Waals surface area contributed by atoms with Gasteiger partial charge in [-0.25, -0.2) is 0 Å². The van der Waals surface area contributed by atoms with Crippen LogP contribution in [0, 0.1) is 0 Å². The molecule has 0 radical (unpaired) electrons. The number of aromatic nitrogens is 2. The number of benzene rings is 1. The number of rotatable bonds is 6. The summed E-state index contributed by atoms with van der Waals surface area (Å²) in [7, 11) is 0. The first-order chi connectivity index (χ1) is 10.3. The molecule has 0 aliphatic carbocycles. The van der Waals surface area contributed by atoms with E-state index in [0.717, 1.165) is 28.2 Å². The van der Waals surface area contributed by atoms with Crippen LogP contribution in [-0.2, 0) is 11.8 Å². The fourth-order valence-electron chi connectivity index (χ4n) is 2.23. The van der Waals surface area contributed by atoms with Crippen LogP contribution in [0.25, 0.3) is 4.96 Å². The number of alkyl halides is 1. The van der Waals surface area contributed by atoms with E-state index < -0.39 is 0 Å². The number of halogens is 1. The Balaban J connectivity index is 1.79. The number of hydrogen-bond acceptors (Lipinski definition) is 3. The van der Waals surface area contributed by atoms with Gasteiger partial charge < -0.3 is 4.74 Å². The van der Waals surface area contributed by atoms with E-state index in [4.69, 9.17) is 4.74 Å². The van der Waals surface area contributed by atoms with Crippen LogP contribution < -0.4 is 4.74 Å². The topological polar surface area (TPSA) is 26.5 Å². The summed E-state index contributed by atoms with van der Waals surface area (Å²) < 4.78 is 8.01. The first-order valence-corrected chi connectivity index (χ1v) is 9.09. The standard InChI is InChI=1S/C16H17BrN2OS/c1-2-3-4-12-5-7-13(8-6-12)20-15-14(11-17)19-9-10-21-16(19)18-15/h5-10H,2-4,11H2,1H3. The summed E-state index contributed by atoms with van der Waals surface area (Å²) in [6.07, 6.45) is 5.59. The first-order valence-electron chi connectivity index (χ1n) is 7.09. The van der Waals surface area contributed by atoms with E-state index in [0.29, 0.717) is 5.88 Å². The molecule has 1 aromatic carbocycles. The molecule has 0 saturated carbocycles. The second-order valence-electron chi connectivity index (χ2n) is 4.90. The predicted octanol–water partition coefficient (Wildman–Crippen LogP) is 5.43. The van der Waals surface area contributed by atoms with E-state index in [9.17, 15) is 0 Å². The van der Waals surface area contributed by atoms with Gasteiger partial charge in [-0.05, 0) is 30.5 Å². The Kier molecular flexibility index (Phi) is 4.60. The van der Waals surface area contributed by atoms with Crippen LogP contribution in [0.2, 0.25) is 0 Å². The zero-order valence-corrected chi connectivity index (χ0v) is 14.3. The van der Waals surface area contributed by atoms with Crippen LogP contribution >= 0.6 is 27.3 Å². The number of aryl methyl sites for hydroxylation is 1. The summed E-state index contributed by atoms with van der Waals surface area (Å²) in [5, 5.41) is 2.75. The quantitative estimate of drug-likeness (QED) is 0.545. The van der Waals surface area contributed by atoms with Crippen LogP contribution in [0.1, 0.15) is 31.0 Å². The van der Waals surface area contributed by atoms with Crippen molar-refractivity contribution in [3.63, 3.8) is 0 Å². The molecule has 0 unspecified atom stereocenters. The Bertz CT molecular complexity index is 718. The number of nitrogens with zero attached hydrogens (tertiary/aromatic N) is 2. The summed E-state index contributed by atoms with van der Waals surface area (Å²) in [6.45, 7) is 2.21. The van der Waals surface area contributed by atoms with Gasteiger partial charge >= 0.3 is 0 Å². The van der Waals surface area contributed by atoms with Crippen LogP contribution in [-0.4, -0.2) is 9.38 Å². The van der Waals surface area contributed by atoms with Crippen LogP contribution in [0.3, 0.4) is 0 Å². The minimum absolute atomic E-state index is 0.681. The van der Waals surface area contributed by atoms with Gasteiger partial charge in [-0.1, -0.05) is 41.4 Å². The maximum absolute atomic E-state index is 5.95. The molecule has 0 aliphatic rings. The smallest absolute Gasteiger partial charge is 0.243 e. The molecule has 0 aliphatic heterocycles. The van der Waals surface area contributed by atoms with Gasteiger partial charge in [0.2, 0.25) is 5.88 Å². The number of unbranched alkanes of at least 4 members (excludes halogenated alkanes) is 1. The molecule has 0 N–H and O–H groups in total. The summed E-state index contributed by atoms with van der Waals surface area (Å²) >= 11 is 5.12. The molecule has 5 heteroatoms. The molecule has 0 spiro atoms. The van der Waals surface area contributed by atoms with Crippen molar-refractivity contribution >= 4 is 32.2 Å². The van der Waals surface area contributed by atoms with Crippen molar-refractivity contribution in [1.82, 2.24) is 9.38 Å². The van der Waals surface area contributed by atoms with Gasteiger partial charge in [-0.3, -0.25) is 4.40 Å². The Labute approximate surface area is 136 Å². The van der Waals surface area contributed by atoms with Gasteiger partial charge in [0.15, 0.2) is 4.96 Å². The SMILES string of the molecule is CCCCc1ccc(Oc2nc3sccn3c2CBr)cc1. The van der Waals surface area contributed by atoms with Crippen LogP contribution in [0.5, 0.6) is 11.6 Å². The summed E-state index contributed by atoms with van der Waals surface area (Å²) in [4.78, 5) is 5.50. The van der Waals surface area contributed by atoms with E-state index in [1.165, 1.54) is 18.4 Å². The highest BCUT2D eigenvalue weighted by atomic mass is 79.9. The highest BCUT2D eigenvalue weighted by molar-refractivity contribution is 9.08. The fourth-order valence-corrected chi connectivity index (χ4v) is 3.47. The summed E-state index contributed by atoms with van der Waals surface area (Å²) in [6, 6.07) is 8.32. The van der Waals surface area contributed by atoms with E-state index in [-0.39, 0.29) is 0 Å². The van der Waals surface area contributed by atoms with E-state index in [2.05, 4.69) is 44.4 Å². The van der Waals surface area contributed by atoms with Gasteiger partial charge in [0.1, 0.15) is 5.75 Å². The molecule has 0 fully saturated rings. The molecule has 3 aromatic rings. The molecule has 110 valence electrons. The molecular formula is C16H17BrN2OS. The minimum atomic E-state index is 0.681.